The van der Waals surface area contributed by atoms with E-state index < -0.39 is 35.2 Å². The van der Waals surface area contributed by atoms with Gasteiger partial charge in [-0.25, -0.2) is 14.8 Å². The van der Waals surface area contributed by atoms with Gasteiger partial charge in [0.05, 0.1) is 30.0 Å². The Morgan fingerprint density at radius 3 is 2.61 bits per heavy atom. The van der Waals surface area contributed by atoms with Gasteiger partial charge < -0.3 is 14.2 Å². The molecule has 0 N–H and O–H groups in total. The molecule has 4 aromatic rings. The molecule has 0 aliphatic carbocycles. The molecule has 0 unspecified atom stereocenters. The predicted molar refractivity (Wildman–Crippen MR) is 162 cm³/mol. The zero-order valence-electron chi connectivity index (χ0n) is 24.7. The molecule has 1 aliphatic rings. The van der Waals surface area contributed by atoms with Gasteiger partial charge >= 0.3 is 12.3 Å². The van der Waals surface area contributed by atoms with Crippen LogP contribution in [-0.4, -0.2) is 54.5 Å². The summed E-state index contributed by atoms with van der Waals surface area (Å²) < 4.78 is 51.9. The van der Waals surface area contributed by atoms with E-state index in [4.69, 9.17) is 16.3 Å². The van der Waals surface area contributed by atoms with E-state index in [1.54, 1.807) is 44.6 Å². The van der Waals surface area contributed by atoms with Gasteiger partial charge in [-0.2, -0.15) is 18.4 Å². The number of carbonyl (C=O) groups excluding carboxylic acids is 1. The molecule has 232 valence electrons. The first-order valence-corrected chi connectivity index (χ1v) is 15.5. The van der Waals surface area contributed by atoms with E-state index in [0.29, 0.717) is 39.0 Å². The minimum absolute atomic E-state index is 0.00620. The average molecular weight is 647 g/mol. The van der Waals surface area contributed by atoms with Gasteiger partial charge in [-0.05, 0) is 70.6 Å². The summed E-state index contributed by atoms with van der Waals surface area (Å²) in [6, 6.07) is 6.69. The lowest BCUT2D eigenvalue weighted by Crippen LogP contribution is -2.48. The molecular weight excluding hydrogens is 617 g/mol. The lowest BCUT2D eigenvalue weighted by atomic mass is 9.95. The minimum atomic E-state index is -4.89. The van der Waals surface area contributed by atoms with Gasteiger partial charge in [0.15, 0.2) is 0 Å². The minimum Gasteiger partial charge on any atom is -0.444 e. The maximum absolute atomic E-state index is 14.7. The second kappa shape index (κ2) is 11.6. The average Bonchev–Trinajstić information content (AvgIpc) is 3.39. The number of carbonyl (C=O) groups is 1. The van der Waals surface area contributed by atoms with E-state index in [-0.39, 0.29) is 40.6 Å². The van der Waals surface area contributed by atoms with Crippen LogP contribution in [0.15, 0.2) is 40.4 Å². The Morgan fingerprint density at radius 1 is 1.25 bits per heavy atom. The van der Waals surface area contributed by atoms with E-state index in [9.17, 15) is 28.0 Å². The highest BCUT2D eigenvalue weighted by Crippen LogP contribution is 2.39. The van der Waals surface area contributed by atoms with Gasteiger partial charge in [0.1, 0.15) is 27.4 Å². The van der Waals surface area contributed by atoms with Gasteiger partial charge in [-0.15, -0.1) is 11.8 Å². The lowest BCUT2D eigenvalue weighted by molar-refractivity contribution is -0.142. The van der Waals surface area contributed by atoms with Crippen molar-refractivity contribution >= 4 is 51.4 Å². The third-order valence-corrected chi connectivity index (χ3v) is 8.73. The molecular formula is C30H30ClF3N6O3S. The van der Waals surface area contributed by atoms with Gasteiger partial charge in [0.25, 0.3) is 5.56 Å². The molecule has 1 aliphatic heterocycles. The Morgan fingerprint density at radius 2 is 1.98 bits per heavy atom. The Labute approximate surface area is 260 Å². The van der Waals surface area contributed by atoms with Crippen molar-refractivity contribution in [2.75, 3.05) is 12.8 Å². The van der Waals surface area contributed by atoms with Crippen molar-refractivity contribution in [1.82, 2.24) is 24.0 Å². The Hall–Kier alpha value is -3.76. The van der Waals surface area contributed by atoms with Gasteiger partial charge in [-0.1, -0.05) is 17.7 Å². The first-order valence-electron chi connectivity index (χ1n) is 13.9. The van der Waals surface area contributed by atoms with Crippen molar-refractivity contribution < 1.29 is 22.7 Å². The van der Waals surface area contributed by atoms with Gasteiger partial charge in [0.2, 0.25) is 0 Å². The van der Waals surface area contributed by atoms with Crippen molar-refractivity contribution in [3.63, 3.8) is 0 Å². The highest BCUT2D eigenvalue weighted by molar-refractivity contribution is 7.98. The number of rotatable bonds is 4. The van der Waals surface area contributed by atoms with Crippen LogP contribution >= 0.6 is 23.4 Å². The molecule has 1 aromatic carbocycles. The summed E-state index contributed by atoms with van der Waals surface area (Å²) in [5, 5.41) is 10.1. The van der Waals surface area contributed by atoms with Crippen molar-refractivity contribution in [3.8, 4) is 11.8 Å². The molecule has 9 nitrogen and oxygen atoms in total. The highest BCUT2D eigenvalue weighted by atomic mass is 35.5. The smallest absolute Gasteiger partial charge is 0.431 e. The third-order valence-electron chi connectivity index (χ3n) is 7.65. The second-order valence-electron chi connectivity index (χ2n) is 11.7. The first kappa shape index (κ1) is 31.7. The lowest BCUT2D eigenvalue weighted by Gasteiger charge is -2.39. The Balaban J connectivity index is 1.72. The van der Waals surface area contributed by atoms with Crippen molar-refractivity contribution in [3.05, 3.63) is 57.2 Å². The summed E-state index contributed by atoms with van der Waals surface area (Å²) in [7, 11) is 0. The van der Waals surface area contributed by atoms with Crippen LogP contribution in [0.1, 0.15) is 57.3 Å². The number of benzene rings is 1. The van der Waals surface area contributed by atoms with Crippen LogP contribution in [0.4, 0.5) is 18.0 Å². The van der Waals surface area contributed by atoms with Crippen LogP contribution in [-0.2, 0) is 10.9 Å². The molecule has 14 heteroatoms. The molecule has 1 fully saturated rings. The highest BCUT2D eigenvalue weighted by Gasteiger charge is 2.38. The van der Waals surface area contributed by atoms with Crippen LogP contribution in [0.5, 0.6) is 0 Å². The second-order valence-corrected chi connectivity index (χ2v) is 12.9. The first-order chi connectivity index (χ1) is 20.7. The van der Waals surface area contributed by atoms with E-state index in [1.807, 2.05) is 0 Å². The number of piperidine rings is 1. The van der Waals surface area contributed by atoms with Crippen molar-refractivity contribution in [2.45, 2.75) is 75.8 Å². The fourth-order valence-corrected chi connectivity index (χ4v) is 6.37. The number of amides is 1. The molecule has 2 atom stereocenters. The summed E-state index contributed by atoms with van der Waals surface area (Å²) in [5.41, 5.74) is -1.95. The number of fused-ring (bicyclic) bond motifs is 3. The largest absolute Gasteiger partial charge is 0.444 e. The van der Waals surface area contributed by atoms with Crippen molar-refractivity contribution in [1.29, 1.82) is 5.26 Å². The van der Waals surface area contributed by atoms with Crippen LogP contribution in [0.3, 0.4) is 0 Å². The zero-order chi connectivity index (χ0) is 32.1. The number of halogens is 4. The molecule has 1 amide bonds. The fourth-order valence-electron chi connectivity index (χ4n) is 5.68. The molecule has 0 radical (unpaired) electrons. The number of hydrogen-bond donors (Lipinski definition) is 0. The molecule has 0 bridgehead atoms. The van der Waals surface area contributed by atoms with E-state index in [0.717, 1.165) is 6.07 Å². The molecule has 0 spiro atoms. The SMILES string of the molecule is CSc1nc2c(=O)n(-c3cccc(Cl)c3C)c(C(F)(F)F)cc2c2c1ncn2[C@H]1CCN(C(=O)OC(C)(C)C)[C@H](CC#N)C1. The standard InChI is InChI=1S/C30H30ClF3N6O3S/c1-16-20(31)7-6-8-21(16)40-22(30(32,33)34)14-19-23(27(40)41)37-26(44-5)24-25(19)39(15-36-24)18-10-12-38(17(13-18)9-11-35)28(42)43-29(2,3)4/h6-8,14-15,17-18H,9-10,12-13H2,1-5H3/t17-,18+/m1/s1. The summed E-state index contributed by atoms with van der Waals surface area (Å²) in [5.74, 6) is 0. The van der Waals surface area contributed by atoms with Crippen LogP contribution in [0.25, 0.3) is 27.6 Å². The normalized spacial score (nSPS) is 17.7. The fraction of sp³-hybridized carbons (Fsp3) is 0.433. The topological polar surface area (TPSA) is 106 Å². The zero-order valence-corrected chi connectivity index (χ0v) is 26.3. The maximum Gasteiger partial charge on any atom is 0.431 e. The molecule has 44 heavy (non-hydrogen) atoms. The van der Waals surface area contributed by atoms with Gasteiger partial charge in [0, 0.05) is 29.0 Å². The third kappa shape index (κ3) is 5.73. The number of nitriles is 1. The molecule has 4 heterocycles. The van der Waals surface area contributed by atoms with E-state index in [1.165, 1.54) is 35.1 Å². The number of nitrogens with zero attached hydrogens (tertiary/aromatic N) is 6. The number of ether oxygens (including phenoxy) is 1. The number of aromatic nitrogens is 4. The van der Waals surface area contributed by atoms with Crippen LogP contribution < -0.4 is 5.56 Å². The summed E-state index contributed by atoms with van der Waals surface area (Å²) in [4.78, 5) is 37.5. The van der Waals surface area contributed by atoms with Crippen molar-refractivity contribution in [2.24, 2.45) is 0 Å². The number of imidazole rings is 1. The van der Waals surface area contributed by atoms with Crippen LogP contribution in [0, 0.1) is 18.3 Å². The van der Waals surface area contributed by atoms with E-state index in [2.05, 4.69) is 16.0 Å². The summed E-state index contributed by atoms with van der Waals surface area (Å²) in [6.45, 7) is 7.09. The van der Waals surface area contributed by atoms with Crippen LogP contribution in [0.2, 0.25) is 5.02 Å². The number of hydrogen-bond acceptors (Lipinski definition) is 7. The number of pyridine rings is 2. The monoisotopic (exact) mass is 646 g/mol. The predicted octanol–water partition coefficient (Wildman–Crippen LogP) is 7.29. The maximum atomic E-state index is 14.7. The van der Waals surface area contributed by atoms with E-state index >= 15 is 0 Å². The number of thioether (sulfide) groups is 1. The number of likely N-dealkylation sites (tertiary alicyclic amines) is 1. The summed E-state index contributed by atoms with van der Waals surface area (Å²) >= 11 is 7.46. The van der Waals surface area contributed by atoms with Gasteiger partial charge in [-0.3, -0.25) is 9.36 Å². The number of alkyl halides is 3. The quantitative estimate of drug-likeness (QED) is 0.214. The Kier molecular flexibility index (Phi) is 8.37. The molecule has 3 aromatic heterocycles. The summed E-state index contributed by atoms with van der Waals surface area (Å²) in [6.07, 6.45) is -1.34. The Bertz CT molecular complexity index is 1880. The molecule has 1 saturated heterocycles. The molecule has 5 rings (SSSR count). The molecule has 0 saturated carbocycles.